The normalized spacial score (nSPS) is 17.7. The van der Waals surface area contributed by atoms with E-state index >= 15 is 0 Å². The van der Waals surface area contributed by atoms with E-state index in [2.05, 4.69) is 47.2 Å². The minimum Gasteiger partial charge on any atom is -0.475 e. The summed E-state index contributed by atoms with van der Waals surface area (Å²) in [5.74, 6) is -8.96. The van der Waals surface area contributed by atoms with Crippen LogP contribution in [0.25, 0.3) is 0 Å². The lowest BCUT2D eigenvalue weighted by atomic mass is 9.83. The van der Waals surface area contributed by atoms with Crippen LogP contribution in [-0.4, -0.2) is 137 Å². The van der Waals surface area contributed by atoms with Gasteiger partial charge in [-0.3, -0.25) is 43.3 Å². The molecule has 0 spiro atoms. The number of carboxylic acid groups (broad SMARTS) is 1. The van der Waals surface area contributed by atoms with Crippen LogP contribution in [0.5, 0.6) is 0 Å². The van der Waals surface area contributed by atoms with Crippen molar-refractivity contribution in [1.82, 2.24) is 52.1 Å². The van der Waals surface area contributed by atoms with Gasteiger partial charge >= 0.3 is 12.1 Å². The fourth-order valence-corrected chi connectivity index (χ4v) is 7.50. The van der Waals surface area contributed by atoms with Gasteiger partial charge in [-0.15, -0.1) is 0 Å². The number of carboxylic acids is 1. The van der Waals surface area contributed by atoms with Crippen LogP contribution in [0.2, 0.25) is 0 Å². The predicted molar refractivity (Wildman–Crippen MR) is 234 cm³/mol. The maximum absolute atomic E-state index is 13.9. The number of alkyl halides is 3. The predicted octanol–water partition coefficient (Wildman–Crippen LogP) is 0.940. The van der Waals surface area contributed by atoms with Crippen LogP contribution < -0.4 is 37.2 Å². The molecule has 4 rings (SSSR count). The maximum Gasteiger partial charge on any atom is 0.490 e. The Bertz CT molecular complexity index is 2020. The largest absolute Gasteiger partial charge is 0.490 e. The second kappa shape index (κ2) is 26.6. The van der Waals surface area contributed by atoms with Crippen molar-refractivity contribution in [2.45, 2.75) is 109 Å². The van der Waals surface area contributed by atoms with E-state index < -0.39 is 96.0 Å². The lowest BCUT2D eigenvalue weighted by Gasteiger charge is -2.32. The van der Waals surface area contributed by atoms with Gasteiger partial charge in [0.25, 0.3) is 11.8 Å². The molecule has 8 N–H and O–H groups in total. The molecule has 2 aromatic rings. The number of carbonyl (C=O) groups excluding carboxylic acids is 8. The Balaban J connectivity index is 0.00000157. The molecule has 2 fully saturated rings. The van der Waals surface area contributed by atoms with Crippen LogP contribution in [0, 0.1) is 17.8 Å². The second-order valence-corrected chi connectivity index (χ2v) is 16.9. The molecule has 7 amide bonds. The van der Waals surface area contributed by atoms with Crippen LogP contribution in [0.1, 0.15) is 94.2 Å². The third-order valence-corrected chi connectivity index (χ3v) is 10.9. The van der Waals surface area contributed by atoms with E-state index in [9.17, 15) is 51.5 Å². The van der Waals surface area contributed by atoms with Crippen LogP contribution in [0.3, 0.4) is 0 Å². The van der Waals surface area contributed by atoms with E-state index in [0.717, 1.165) is 32.1 Å². The van der Waals surface area contributed by atoms with Crippen LogP contribution in [0.4, 0.5) is 13.2 Å². The second-order valence-electron chi connectivity index (χ2n) is 16.9. The zero-order valence-electron chi connectivity index (χ0n) is 38.1. The molecule has 0 unspecified atom stereocenters. The maximum atomic E-state index is 13.9. The molecule has 1 saturated carbocycles. The highest BCUT2D eigenvalue weighted by molar-refractivity contribution is 6.38. The summed E-state index contributed by atoms with van der Waals surface area (Å²) in [7, 11) is 3.10. The lowest BCUT2D eigenvalue weighted by molar-refractivity contribution is -0.192. The topological polar surface area (TPSA) is 287 Å². The Kier molecular flexibility index (Phi) is 21.7. The Morgan fingerprint density at radius 3 is 2.09 bits per heavy atom. The van der Waals surface area contributed by atoms with Crippen molar-refractivity contribution in [2.75, 3.05) is 33.7 Å². The standard InChI is InChI=1S/C42H60N10O8.C2HF3O2/c1-6-13-29(36(54)41(59)46-24-33(53)50-35(42(60)52(4)5)27-16-11-8-12-17-27)47-37(55)28-21-44-22-31(28)49-38(56)30(20-25(2)3)48-40(58)34(26-14-9-7-10-15-26)51-39(57)32-23-43-18-19-45-32;3-2(4,5)1(6)7/h8,11-12,16-19,23,25-26,28-31,34-35,44H,6-7,9-10,13-15,20-22,24H2,1-5H3,(H,46,59)(H,47,55)(H,48,58)(H,49,56)(H,50,53)(H,51,57);(H,6,7)/t28-,29+,30+,31+,34+,35+;/m1./s1. The molecule has 368 valence electrons. The molecule has 20 nitrogen and oxygen atoms in total. The number of amides is 7. The van der Waals surface area contributed by atoms with E-state index in [1.807, 2.05) is 13.8 Å². The van der Waals surface area contributed by atoms with Gasteiger partial charge in [-0.2, -0.15) is 13.2 Å². The monoisotopic (exact) mass is 946 g/mol. The van der Waals surface area contributed by atoms with Gasteiger partial charge in [-0.1, -0.05) is 76.8 Å². The number of rotatable bonds is 20. The zero-order valence-corrected chi connectivity index (χ0v) is 38.1. The molecule has 23 heteroatoms. The molecule has 6 atom stereocenters. The highest BCUT2D eigenvalue weighted by Crippen LogP contribution is 2.27. The number of nitrogens with one attached hydrogen (secondary N) is 7. The first kappa shape index (κ1) is 54.8. The van der Waals surface area contributed by atoms with Gasteiger partial charge < -0.3 is 47.2 Å². The van der Waals surface area contributed by atoms with Crippen molar-refractivity contribution in [2.24, 2.45) is 17.8 Å². The first-order chi connectivity index (χ1) is 31.6. The number of nitrogens with zero attached hydrogens (tertiary/aromatic N) is 3. The summed E-state index contributed by atoms with van der Waals surface area (Å²) < 4.78 is 31.7. The van der Waals surface area contributed by atoms with E-state index in [0.29, 0.717) is 12.0 Å². The summed E-state index contributed by atoms with van der Waals surface area (Å²) in [4.78, 5) is 125. The Morgan fingerprint density at radius 1 is 0.866 bits per heavy atom. The third kappa shape index (κ3) is 17.7. The summed E-state index contributed by atoms with van der Waals surface area (Å²) in [5.41, 5.74) is 0.608. The van der Waals surface area contributed by atoms with E-state index in [-0.39, 0.29) is 49.4 Å². The van der Waals surface area contributed by atoms with Crippen LogP contribution in [0.15, 0.2) is 48.9 Å². The molecule has 1 aromatic carbocycles. The minimum absolute atomic E-state index is 0.00646. The number of Topliss-reactive ketones (excluding diaryl/α,β-unsaturated/α-hetero) is 1. The Labute approximate surface area is 386 Å². The van der Waals surface area contributed by atoms with Gasteiger partial charge in [-0.05, 0) is 43.1 Å². The van der Waals surface area contributed by atoms with Crippen LogP contribution in [-0.2, 0) is 38.4 Å². The summed E-state index contributed by atoms with van der Waals surface area (Å²) in [6, 6.07) is 3.76. The number of ketones is 1. The van der Waals surface area contributed by atoms with E-state index in [1.165, 1.54) is 23.5 Å². The number of carbonyl (C=O) groups is 9. The van der Waals surface area contributed by atoms with Gasteiger partial charge in [0.2, 0.25) is 35.3 Å². The number of aromatic nitrogens is 2. The SMILES string of the molecule is CCC[C@H](NC(=O)[C@@H]1CNC[C@@H]1NC(=O)[C@H](CC(C)C)NC(=O)[C@@H](NC(=O)c1cnccn1)C1CCCCC1)C(=O)C(=O)NCC(=O)N[C@H](C(=O)N(C)C)c1ccccc1.O=C(O)C(F)(F)F. The van der Waals surface area contributed by atoms with Gasteiger partial charge in [0.1, 0.15) is 23.8 Å². The fourth-order valence-electron chi connectivity index (χ4n) is 7.50. The van der Waals surface area contributed by atoms with E-state index in [1.54, 1.807) is 51.4 Å². The molecule has 0 radical (unpaired) electrons. The van der Waals surface area contributed by atoms with Crippen molar-refractivity contribution in [3.8, 4) is 0 Å². The minimum atomic E-state index is -5.08. The van der Waals surface area contributed by atoms with Crippen molar-refractivity contribution in [3.05, 3.63) is 60.2 Å². The molecule has 0 bridgehead atoms. The average molecular weight is 947 g/mol. The molecule has 1 saturated heterocycles. The molecule has 1 aliphatic carbocycles. The van der Waals surface area contributed by atoms with Gasteiger partial charge in [-0.25, -0.2) is 9.78 Å². The van der Waals surface area contributed by atoms with Crippen molar-refractivity contribution in [1.29, 1.82) is 0 Å². The Morgan fingerprint density at radius 2 is 1.52 bits per heavy atom. The number of benzene rings is 1. The molecular weight excluding hydrogens is 886 g/mol. The van der Waals surface area contributed by atoms with Gasteiger partial charge in [0.05, 0.1) is 30.7 Å². The molecule has 1 aliphatic heterocycles. The zero-order chi connectivity index (χ0) is 49.8. The molecule has 67 heavy (non-hydrogen) atoms. The molecule has 2 heterocycles. The summed E-state index contributed by atoms with van der Waals surface area (Å²) in [6.07, 6.45) is 4.24. The Hall–Kier alpha value is -6.52. The summed E-state index contributed by atoms with van der Waals surface area (Å²) in [6.45, 7) is 5.42. The highest BCUT2D eigenvalue weighted by Gasteiger charge is 2.40. The number of hydrogen-bond acceptors (Lipinski definition) is 12. The third-order valence-electron chi connectivity index (χ3n) is 10.9. The number of likely N-dealkylation sites (N-methyl/N-ethyl adjacent to an activating group) is 1. The molecular formula is C44H61F3N10O10. The van der Waals surface area contributed by atoms with Gasteiger partial charge in [0.15, 0.2) is 0 Å². The van der Waals surface area contributed by atoms with Crippen molar-refractivity contribution in [3.63, 3.8) is 0 Å². The average Bonchev–Trinajstić information content (AvgIpc) is 3.76. The summed E-state index contributed by atoms with van der Waals surface area (Å²) in [5, 5.41) is 26.5. The smallest absolute Gasteiger partial charge is 0.475 e. The fraction of sp³-hybridized carbons (Fsp3) is 0.568. The number of aliphatic carboxylic acids is 1. The highest BCUT2D eigenvalue weighted by atomic mass is 19.4. The molecule has 1 aromatic heterocycles. The summed E-state index contributed by atoms with van der Waals surface area (Å²) >= 11 is 0. The lowest BCUT2D eigenvalue weighted by Crippen LogP contribution is -2.58. The first-order valence-corrected chi connectivity index (χ1v) is 22.0. The van der Waals surface area contributed by atoms with Gasteiger partial charge in [0, 0.05) is 39.6 Å². The van der Waals surface area contributed by atoms with Crippen molar-refractivity contribution >= 4 is 53.1 Å². The van der Waals surface area contributed by atoms with E-state index in [4.69, 9.17) is 9.90 Å². The van der Waals surface area contributed by atoms with Crippen LogP contribution >= 0.6 is 0 Å². The number of hydrogen-bond donors (Lipinski definition) is 8. The first-order valence-electron chi connectivity index (χ1n) is 22.0. The number of halogens is 3. The van der Waals surface area contributed by atoms with Crippen molar-refractivity contribution < 1.29 is 61.4 Å². The molecule has 2 aliphatic rings. The quantitative estimate of drug-likeness (QED) is 0.0860.